The van der Waals surface area contributed by atoms with Gasteiger partial charge in [0.05, 0.1) is 0 Å². The van der Waals surface area contributed by atoms with Crippen LogP contribution in [0, 0.1) is 0 Å². The normalized spacial score (nSPS) is 10.8. The lowest BCUT2D eigenvalue weighted by Crippen LogP contribution is -1.97. The van der Waals surface area contributed by atoms with E-state index in [1.54, 1.807) is 0 Å². The van der Waals surface area contributed by atoms with E-state index in [-0.39, 0.29) is 0 Å². The number of nitrogens with one attached hydrogen (secondary N) is 1. The van der Waals surface area contributed by atoms with Gasteiger partial charge in [-0.15, -0.1) is 0 Å². The monoisotopic (exact) mass is 549 g/mol. The van der Waals surface area contributed by atoms with E-state index in [2.05, 4.69) is 187 Å². The fraction of sp³-hybridized carbons (Fsp3) is 0. The van der Waals surface area contributed by atoms with Crippen LogP contribution in [0.2, 0.25) is 0 Å². The Morgan fingerprint density at radius 1 is 0.326 bits per heavy atom. The molecule has 7 aromatic carbocycles. The molecule has 0 saturated carbocycles. The van der Waals surface area contributed by atoms with Crippen LogP contribution in [0.3, 0.4) is 0 Å². The molecule has 0 aliphatic rings. The summed E-state index contributed by atoms with van der Waals surface area (Å²) in [4.78, 5) is 0. The highest BCUT2D eigenvalue weighted by molar-refractivity contribution is 6.04. The van der Waals surface area contributed by atoms with Gasteiger partial charge < -0.3 is 5.32 Å². The number of rotatable bonds is 7. The minimum absolute atomic E-state index is 1.07. The smallest absolute Gasteiger partial charge is 0.0463 e. The second-order valence-corrected chi connectivity index (χ2v) is 10.7. The molecule has 1 N–H and O–H groups in total. The Balaban J connectivity index is 1.25. The van der Waals surface area contributed by atoms with Crippen LogP contribution in [-0.2, 0) is 0 Å². The van der Waals surface area contributed by atoms with Crippen molar-refractivity contribution in [2.45, 2.75) is 0 Å². The molecule has 0 unspecified atom stereocenters. The molecule has 43 heavy (non-hydrogen) atoms. The lowest BCUT2D eigenvalue weighted by atomic mass is 9.85. The van der Waals surface area contributed by atoms with Crippen LogP contribution in [0.15, 0.2) is 182 Å². The van der Waals surface area contributed by atoms with E-state index >= 15 is 0 Å². The first-order chi connectivity index (χ1) is 21.3. The molecule has 0 aliphatic heterocycles. The maximum atomic E-state index is 3.61. The van der Waals surface area contributed by atoms with Gasteiger partial charge in [-0.05, 0) is 68.1 Å². The number of hydrogen-bond donors (Lipinski definition) is 1. The highest BCUT2D eigenvalue weighted by Gasteiger charge is 2.16. The Hall–Kier alpha value is -5.66. The Labute approximate surface area is 253 Å². The van der Waals surface area contributed by atoms with Gasteiger partial charge in [0, 0.05) is 16.8 Å². The molecule has 0 bridgehead atoms. The molecule has 0 heterocycles. The van der Waals surface area contributed by atoms with Gasteiger partial charge in [0.2, 0.25) is 0 Å². The van der Waals surface area contributed by atoms with Crippen LogP contribution in [0.4, 0.5) is 11.4 Å². The second kappa shape index (κ2) is 12.1. The molecule has 0 fully saturated rings. The van der Waals surface area contributed by atoms with Crippen molar-refractivity contribution in [3.63, 3.8) is 0 Å². The molecule has 7 rings (SSSR count). The van der Waals surface area contributed by atoms with Crippen molar-refractivity contribution in [3.8, 4) is 11.1 Å². The van der Waals surface area contributed by atoms with Crippen LogP contribution in [0.25, 0.3) is 33.0 Å². The van der Waals surface area contributed by atoms with Crippen molar-refractivity contribution in [1.29, 1.82) is 0 Å². The molecule has 0 spiro atoms. The minimum Gasteiger partial charge on any atom is -0.355 e. The van der Waals surface area contributed by atoms with Crippen LogP contribution in [0.1, 0.15) is 22.3 Å². The number of benzene rings is 7. The molecule has 0 amide bonds. The topological polar surface area (TPSA) is 12.0 Å². The molecule has 7 aromatic rings. The van der Waals surface area contributed by atoms with E-state index in [1.807, 2.05) is 0 Å². The van der Waals surface area contributed by atoms with Crippen molar-refractivity contribution in [2.24, 2.45) is 0 Å². The molecule has 204 valence electrons. The van der Waals surface area contributed by atoms with Crippen LogP contribution in [0.5, 0.6) is 0 Å². The summed E-state index contributed by atoms with van der Waals surface area (Å²) in [6, 6.07) is 64.7. The first-order valence-corrected chi connectivity index (χ1v) is 14.7. The summed E-state index contributed by atoms with van der Waals surface area (Å²) in [6.07, 6.45) is 0. The average molecular weight is 550 g/mol. The Bertz CT molecular complexity index is 1940. The highest BCUT2D eigenvalue weighted by Crippen LogP contribution is 2.37. The van der Waals surface area contributed by atoms with Crippen molar-refractivity contribution >= 4 is 33.3 Å². The van der Waals surface area contributed by atoms with Crippen LogP contribution in [-0.4, -0.2) is 0 Å². The van der Waals surface area contributed by atoms with Crippen LogP contribution < -0.4 is 5.32 Å². The van der Waals surface area contributed by atoms with Gasteiger partial charge in [0.25, 0.3) is 0 Å². The predicted octanol–water partition coefficient (Wildman–Crippen LogP) is 11.3. The Morgan fingerprint density at radius 2 is 0.744 bits per heavy atom. The van der Waals surface area contributed by atoms with E-state index in [1.165, 1.54) is 55.3 Å². The summed E-state index contributed by atoms with van der Waals surface area (Å²) in [5.41, 5.74) is 11.8. The molecule has 0 atom stereocenters. The summed E-state index contributed by atoms with van der Waals surface area (Å²) in [5.74, 6) is 0. The van der Waals surface area contributed by atoms with Gasteiger partial charge in [0.15, 0.2) is 0 Å². The molecule has 0 aromatic heterocycles. The highest BCUT2D eigenvalue weighted by atomic mass is 14.9. The number of hydrogen-bond acceptors (Lipinski definition) is 1. The van der Waals surface area contributed by atoms with Gasteiger partial charge in [-0.1, -0.05) is 164 Å². The molecule has 0 radical (unpaired) electrons. The summed E-state index contributed by atoms with van der Waals surface area (Å²) in [5, 5.41) is 6.06. The van der Waals surface area contributed by atoms with Gasteiger partial charge in [0.1, 0.15) is 0 Å². The number of fused-ring (bicyclic) bond motifs is 1. The molecule has 1 heteroatoms. The Kier molecular flexibility index (Phi) is 7.36. The third-order valence-corrected chi connectivity index (χ3v) is 7.90. The number of anilines is 2. The first-order valence-electron chi connectivity index (χ1n) is 14.7. The van der Waals surface area contributed by atoms with Gasteiger partial charge >= 0.3 is 0 Å². The molecule has 0 saturated heterocycles. The zero-order chi connectivity index (χ0) is 28.8. The summed E-state index contributed by atoms with van der Waals surface area (Å²) in [6.45, 7) is 0. The predicted molar refractivity (Wildman–Crippen MR) is 183 cm³/mol. The van der Waals surface area contributed by atoms with Crippen molar-refractivity contribution in [3.05, 3.63) is 204 Å². The molecule has 0 aliphatic carbocycles. The largest absolute Gasteiger partial charge is 0.355 e. The van der Waals surface area contributed by atoms with Gasteiger partial charge in [-0.3, -0.25) is 0 Å². The maximum absolute atomic E-state index is 3.61. The molecular weight excluding hydrogens is 518 g/mol. The van der Waals surface area contributed by atoms with E-state index in [0.29, 0.717) is 0 Å². The standard InChI is InChI=1S/C42H31N/c1-4-14-34(15-5-1)41(35-16-6-2-7-17-35)42(36-18-8-3-9-19-36)37-25-23-31(24-26-37)32-27-29-38(30-28-32)43-40-22-12-20-33-13-10-11-21-39(33)40/h1-30,43H. The van der Waals surface area contributed by atoms with E-state index < -0.39 is 0 Å². The van der Waals surface area contributed by atoms with Crippen molar-refractivity contribution in [2.75, 3.05) is 5.32 Å². The zero-order valence-corrected chi connectivity index (χ0v) is 23.8. The SMILES string of the molecule is c1ccc(C(=C(c2ccccc2)c2ccc(-c3ccc(Nc4cccc5ccccc45)cc3)cc2)c2ccccc2)cc1. The lowest BCUT2D eigenvalue weighted by molar-refractivity contribution is 1.50. The summed E-state index contributed by atoms with van der Waals surface area (Å²) < 4.78 is 0. The van der Waals surface area contributed by atoms with E-state index in [4.69, 9.17) is 0 Å². The average Bonchev–Trinajstić information content (AvgIpc) is 3.09. The fourth-order valence-electron chi connectivity index (χ4n) is 5.79. The third kappa shape index (κ3) is 5.62. The van der Waals surface area contributed by atoms with Gasteiger partial charge in [-0.2, -0.15) is 0 Å². The zero-order valence-electron chi connectivity index (χ0n) is 23.8. The lowest BCUT2D eigenvalue weighted by Gasteiger charge is -2.18. The summed E-state index contributed by atoms with van der Waals surface area (Å²) in [7, 11) is 0. The first kappa shape index (κ1) is 26.3. The third-order valence-electron chi connectivity index (χ3n) is 7.90. The van der Waals surface area contributed by atoms with E-state index in [9.17, 15) is 0 Å². The second-order valence-electron chi connectivity index (χ2n) is 10.7. The molecular formula is C42H31N. The summed E-state index contributed by atoms with van der Waals surface area (Å²) >= 11 is 0. The maximum Gasteiger partial charge on any atom is 0.0463 e. The Morgan fingerprint density at radius 3 is 1.28 bits per heavy atom. The van der Waals surface area contributed by atoms with Gasteiger partial charge in [-0.25, -0.2) is 0 Å². The van der Waals surface area contributed by atoms with E-state index in [0.717, 1.165) is 11.4 Å². The quantitative estimate of drug-likeness (QED) is 0.195. The van der Waals surface area contributed by atoms with Crippen molar-refractivity contribution < 1.29 is 0 Å². The van der Waals surface area contributed by atoms with Crippen molar-refractivity contribution in [1.82, 2.24) is 0 Å². The molecule has 1 nitrogen and oxygen atoms in total. The fourth-order valence-corrected chi connectivity index (χ4v) is 5.79. The minimum atomic E-state index is 1.07. The van der Waals surface area contributed by atoms with Crippen LogP contribution >= 0.6 is 0 Å².